The highest BCUT2D eigenvalue weighted by Crippen LogP contribution is 2.30. The van der Waals surface area contributed by atoms with E-state index in [2.05, 4.69) is 5.32 Å². The summed E-state index contributed by atoms with van der Waals surface area (Å²) in [5, 5.41) is 2.54. The normalized spacial score (nSPS) is 22.8. The minimum Gasteiger partial charge on any atom is -0.348 e. The van der Waals surface area contributed by atoms with Gasteiger partial charge in [-0.05, 0) is 19.9 Å². The summed E-state index contributed by atoms with van der Waals surface area (Å²) in [7, 11) is 2.72. The smallest absolute Gasteiger partial charge is 0.348 e. The van der Waals surface area contributed by atoms with E-state index in [1.54, 1.807) is 0 Å². The molecule has 1 fully saturated rings. The summed E-state index contributed by atoms with van der Waals surface area (Å²) in [4.78, 5) is 38.1. The fourth-order valence-electron chi connectivity index (χ4n) is 2.67. The van der Waals surface area contributed by atoms with Crippen molar-refractivity contribution in [1.29, 1.82) is 0 Å². The van der Waals surface area contributed by atoms with Crippen molar-refractivity contribution in [3.05, 3.63) is 32.6 Å². The molecule has 0 bridgehead atoms. The fraction of sp³-hybridized carbons (Fsp3) is 0.615. The van der Waals surface area contributed by atoms with Crippen molar-refractivity contribution in [2.45, 2.75) is 31.1 Å². The van der Waals surface area contributed by atoms with E-state index < -0.39 is 35.4 Å². The monoisotopic (exact) mass is 334 g/mol. The number of nitrogens with one attached hydrogen (secondary N) is 2. The number of carbonyl (C=O) groups excluding carboxylic acids is 1. The number of likely N-dealkylation sites (tertiary alicyclic amines) is 1. The molecule has 0 spiro atoms. The molecule has 2 N–H and O–H groups in total. The van der Waals surface area contributed by atoms with E-state index in [1.165, 1.54) is 14.1 Å². The summed E-state index contributed by atoms with van der Waals surface area (Å²) in [6, 6.07) is -2.03. The Morgan fingerprint density at radius 1 is 1.30 bits per heavy atom. The van der Waals surface area contributed by atoms with Crippen LogP contribution in [-0.4, -0.2) is 52.2 Å². The zero-order valence-corrected chi connectivity index (χ0v) is 12.6. The van der Waals surface area contributed by atoms with Crippen LogP contribution in [0.15, 0.2) is 15.8 Å². The highest BCUT2D eigenvalue weighted by Gasteiger charge is 2.44. The standard InChI is InChI=1S/C13H17F3N4O3/c1-19-5-7(3-4-9(19)13(14,15)16)17-10(21)8-6-20(2)12(23)18-11(8)22/h6-7,9H,3-5H2,1-2H3,(H,17,21)(H,18,22,23). The number of piperidine rings is 1. The van der Waals surface area contributed by atoms with Gasteiger partial charge in [0.05, 0.1) is 0 Å². The number of likely N-dealkylation sites (N-methyl/N-ethyl adjacent to an activating group) is 1. The summed E-state index contributed by atoms with van der Waals surface area (Å²) >= 11 is 0. The second-order valence-corrected chi connectivity index (χ2v) is 5.66. The zero-order chi connectivity index (χ0) is 17.4. The number of nitrogens with zero attached hydrogens (tertiary/aromatic N) is 2. The molecule has 23 heavy (non-hydrogen) atoms. The van der Waals surface area contributed by atoms with Crippen molar-refractivity contribution < 1.29 is 18.0 Å². The van der Waals surface area contributed by atoms with E-state index >= 15 is 0 Å². The Hall–Kier alpha value is -2.10. The van der Waals surface area contributed by atoms with Crippen LogP contribution in [0.25, 0.3) is 0 Å². The summed E-state index contributed by atoms with van der Waals surface area (Å²) in [5.74, 6) is -0.717. The van der Waals surface area contributed by atoms with Gasteiger partial charge in [0.25, 0.3) is 11.5 Å². The molecule has 1 aliphatic rings. The van der Waals surface area contributed by atoms with Gasteiger partial charge in [0.2, 0.25) is 0 Å². The first-order valence-electron chi connectivity index (χ1n) is 6.97. The van der Waals surface area contributed by atoms with Gasteiger partial charge in [-0.1, -0.05) is 0 Å². The number of halogens is 3. The lowest BCUT2D eigenvalue weighted by Gasteiger charge is -2.38. The Kier molecular flexibility index (Phi) is 4.64. The first-order valence-corrected chi connectivity index (χ1v) is 6.97. The Bertz CT molecular complexity index is 710. The molecule has 2 heterocycles. The topological polar surface area (TPSA) is 87.2 Å². The summed E-state index contributed by atoms with van der Waals surface area (Å²) in [6.45, 7) is 0.0274. The third-order valence-electron chi connectivity index (χ3n) is 3.89. The maximum absolute atomic E-state index is 12.8. The average Bonchev–Trinajstić information content (AvgIpc) is 2.41. The number of rotatable bonds is 2. The van der Waals surface area contributed by atoms with Crippen LogP contribution in [0.1, 0.15) is 23.2 Å². The van der Waals surface area contributed by atoms with E-state index in [9.17, 15) is 27.6 Å². The van der Waals surface area contributed by atoms with Crippen molar-refractivity contribution in [3.8, 4) is 0 Å². The number of alkyl halides is 3. The Morgan fingerprint density at radius 2 is 1.96 bits per heavy atom. The summed E-state index contributed by atoms with van der Waals surface area (Å²) < 4.78 is 39.4. The molecular weight excluding hydrogens is 317 g/mol. The van der Waals surface area contributed by atoms with Crippen LogP contribution < -0.4 is 16.6 Å². The van der Waals surface area contributed by atoms with Crippen LogP contribution in [0.4, 0.5) is 13.2 Å². The molecule has 7 nitrogen and oxygen atoms in total. The quantitative estimate of drug-likeness (QED) is 0.786. The van der Waals surface area contributed by atoms with Gasteiger partial charge in [-0.3, -0.25) is 19.5 Å². The summed E-state index contributed by atoms with van der Waals surface area (Å²) in [5.41, 5.74) is -1.74. The highest BCUT2D eigenvalue weighted by atomic mass is 19.4. The average molecular weight is 334 g/mol. The van der Waals surface area contributed by atoms with Crippen LogP contribution in [0.3, 0.4) is 0 Å². The Balaban J connectivity index is 2.07. The van der Waals surface area contributed by atoms with E-state index in [4.69, 9.17) is 0 Å². The molecule has 0 saturated carbocycles. The molecular formula is C13H17F3N4O3. The van der Waals surface area contributed by atoms with Gasteiger partial charge in [-0.25, -0.2) is 4.79 Å². The molecule has 128 valence electrons. The third kappa shape index (κ3) is 3.81. The molecule has 1 aromatic heterocycles. The van der Waals surface area contributed by atoms with Crippen molar-refractivity contribution in [3.63, 3.8) is 0 Å². The number of carbonyl (C=O) groups is 1. The molecule has 1 amide bonds. The first-order chi connectivity index (χ1) is 10.6. The minimum atomic E-state index is -4.31. The van der Waals surface area contributed by atoms with E-state index in [0.717, 1.165) is 15.7 Å². The van der Waals surface area contributed by atoms with Gasteiger partial charge >= 0.3 is 11.9 Å². The zero-order valence-electron chi connectivity index (χ0n) is 12.6. The molecule has 10 heteroatoms. The third-order valence-corrected chi connectivity index (χ3v) is 3.89. The molecule has 2 unspecified atom stereocenters. The van der Waals surface area contributed by atoms with Crippen molar-refractivity contribution in [1.82, 2.24) is 19.8 Å². The molecule has 1 aliphatic heterocycles. The van der Waals surface area contributed by atoms with Crippen molar-refractivity contribution in [2.75, 3.05) is 13.6 Å². The lowest BCUT2D eigenvalue weighted by atomic mass is 9.98. The van der Waals surface area contributed by atoms with E-state index in [-0.39, 0.29) is 24.9 Å². The maximum Gasteiger partial charge on any atom is 0.404 e. The van der Waals surface area contributed by atoms with Crippen LogP contribution in [0, 0.1) is 0 Å². The minimum absolute atomic E-state index is 0.0274. The predicted octanol–water partition coefficient (Wildman–Crippen LogP) is -0.172. The number of hydrogen-bond donors (Lipinski definition) is 2. The first kappa shape index (κ1) is 17.3. The number of hydrogen-bond acceptors (Lipinski definition) is 4. The lowest BCUT2D eigenvalue weighted by molar-refractivity contribution is -0.188. The fourth-order valence-corrected chi connectivity index (χ4v) is 2.67. The van der Waals surface area contributed by atoms with Crippen LogP contribution in [-0.2, 0) is 7.05 Å². The van der Waals surface area contributed by atoms with Gasteiger partial charge in [0.1, 0.15) is 11.6 Å². The predicted molar refractivity (Wildman–Crippen MR) is 75.3 cm³/mol. The van der Waals surface area contributed by atoms with Crippen molar-refractivity contribution >= 4 is 5.91 Å². The number of aromatic nitrogens is 2. The number of amides is 1. The lowest BCUT2D eigenvalue weighted by Crippen LogP contribution is -2.55. The van der Waals surface area contributed by atoms with Gasteiger partial charge in [0, 0.05) is 25.8 Å². The van der Waals surface area contributed by atoms with Crippen LogP contribution >= 0.6 is 0 Å². The number of aromatic amines is 1. The molecule has 0 aromatic carbocycles. The van der Waals surface area contributed by atoms with Gasteiger partial charge in [0.15, 0.2) is 0 Å². The van der Waals surface area contributed by atoms with Crippen LogP contribution in [0.5, 0.6) is 0 Å². The van der Waals surface area contributed by atoms with Crippen molar-refractivity contribution in [2.24, 2.45) is 7.05 Å². The maximum atomic E-state index is 12.8. The molecule has 1 saturated heterocycles. The highest BCUT2D eigenvalue weighted by molar-refractivity contribution is 5.93. The molecule has 0 radical (unpaired) electrons. The summed E-state index contributed by atoms with van der Waals surface area (Å²) in [6.07, 6.45) is -3.18. The van der Waals surface area contributed by atoms with Crippen LogP contribution in [0.2, 0.25) is 0 Å². The van der Waals surface area contributed by atoms with E-state index in [1.807, 2.05) is 4.98 Å². The SMILES string of the molecule is CN1CC(NC(=O)c2cn(C)c(=O)[nH]c2=O)CCC1C(F)(F)F. The molecule has 1 aromatic rings. The van der Waals surface area contributed by atoms with Gasteiger partial charge in [-0.15, -0.1) is 0 Å². The largest absolute Gasteiger partial charge is 0.404 e. The number of aryl methyl sites for hydroxylation is 1. The second-order valence-electron chi connectivity index (χ2n) is 5.66. The Labute approximate surface area is 129 Å². The molecule has 0 aliphatic carbocycles. The second kappa shape index (κ2) is 6.19. The van der Waals surface area contributed by atoms with Gasteiger partial charge in [-0.2, -0.15) is 13.2 Å². The van der Waals surface area contributed by atoms with Gasteiger partial charge < -0.3 is 9.88 Å². The Morgan fingerprint density at radius 3 is 2.52 bits per heavy atom. The molecule has 2 rings (SSSR count). The molecule has 2 atom stereocenters. The van der Waals surface area contributed by atoms with E-state index in [0.29, 0.717) is 0 Å². The number of H-pyrrole nitrogens is 1.